The number of allylic oxidation sites excluding steroid dienone is 1. The normalized spacial score (nSPS) is 21.1. The zero-order valence-electron chi connectivity index (χ0n) is 20.7. The van der Waals surface area contributed by atoms with E-state index in [-0.39, 0.29) is 53.8 Å². The molecule has 0 aromatic heterocycles. The minimum Gasteiger partial charge on any atom is -0.461 e. The quantitative estimate of drug-likeness (QED) is 0.291. The summed E-state index contributed by atoms with van der Waals surface area (Å²) in [6, 6.07) is 15.7. The third-order valence-corrected chi connectivity index (χ3v) is 8.54. The molecule has 1 fully saturated rings. The molecule has 37 heavy (non-hydrogen) atoms. The predicted molar refractivity (Wildman–Crippen MR) is 138 cm³/mol. The monoisotopic (exact) mass is 527 g/mol. The standard InChI is InChI=1S/C26H29N3O7S/c1-18-23(26(30)36-13-12-28(2)16-19-8-4-3-5-9-19)24(20-10-6-7-11-22(20)29(31)32)25-21(27-18)17-35-14-15-37(25,33)34/h3-11,24-25H,12-17H2,1-2H3. The minimum absolute atomic E-state index is 0.0132. The lowest BCUT2D eigenvalue weighted by Gasteiger charge is -2.32. The van der Waals surface area contributed by atoms with Crippen LogP contribution in [0.15, 0.2) is 70.9 Å². The minimum atomic E-state index is -3.85. The Morgan fingerprint density at radius 2 is 1.89 bits per heavy atom. The maximum Gasteiger partial charge on any atom is 0.336 e. The second kappa shape index (κ2) is 11.3. The third kappa shape index (κ3) is 5.95. The molecule has 0 bridgehead atoms. The summed E-state index contributed by atoms with van der Waals surface area (Å²) < 4.78 is 37.7. The van der Waals surface area contributed by atoms with Crippen molar-refractivity contribution >= 4 is 27.2 Å². The molecule has 0 aliphatic carbocycles. The second-order valence-electron chi connectivity index (χ2n) is 9.10. The Balaban J connectivity index is 1.64. The summed E-state index contributed by atoms with van der Waals surface area (Å²) >= 11 is 0. The van der Waals surface area contributed by atoms with Crippen LogP contribution in [0.3, 0.4) is 0 Å². The van der Waals surface area contributed by atoms with Gasteiger partial charge in [0.05, 0.1) is 35.2 Å². The lowest BCUT2D eigenvalue weighted by molar-refractivity contribution is -0.385. The van der Waals surface area contributed by atoms with Crippen LogP contribution in [-0.2, 0) is 30.7 Å². The molecule has 2 heterocycles. The number of sulfone groups is 1. The molecule has 2 aromatic carbocycles. The molecule has 2 aliphatic rings. The van der Waals surface area contributed by atoms with Gasteiger partial charge in [0.25, 0.3) is 5.69 Å². The Labute approximate surface area is 215 Å². The molecular formula is C26H29N3O7S. The number of fused-ring (bicyclic) bond motifs is 1. The zero-order chi connectivity index (χ0) is 26.6. The Morgan fingerprint density at radius 1 is 1.19 bits per heavy atom. The van der Waals surface area contributed by atoms with Crippen LogP contribution in [0.4, 0.5) is 5.69 Å². The topological polar surface area (TPSA) is 128 Å². The molecule has 0 spiro atoms. The summed E-state index contributed by atoms with van der Waals surface area (Å²) in [6.45, 7) is 2.68. The second-order valence-corrected chi connectivity index (χ2v) is 11.3. The molecule has 0 N–H and O–H groups in total. The molecule has 11 heteroatoms. The van der Waals surface area contributed by atoms with Crippen LogP contribution < -0.4 is 0 Å². The van der Waals surface area contributed by atoms with Gasteiger partial charge in [-0.25, -0.2) is 13.2 Å². The fourth-order valence-electron chi connectivity index (χ4n) is 4.77. The molecule has 0 radical (unpaired) electrons. The van der Waals surface area contributed by atoms with Crippen LogP contribution in [0.1, 0.15) is 24.0 Å². The predicted octanol–water partition coefficient (Wildman–Crippen LogP) is 2.90. The molecule has 0 amide bonds. The van der Waals surface area contributed by atoms with Crippen molar-refractivity contribution in [2.24, 2.45) is 4.99 Å². The summed E-state index contributed by atoms with van der Waals surface area (Å²) in [5, 5.41) is 10.6. The fourth-order valence-corrected chi connectivity index (χ4v) is 6.61. The Bertz CT molecular complexity index is 1340. The Morgan fingerprint density at radius 3 is 2.62 bits per heavy atom. The van der Waals surface area contributed by atoms with Gasteiger partial charge in [0.2, 0.25) is 0 Å². The number of nitro benzene ring substituents is 1. The van der Waals surface area contributed by atoms with Gasteiger partial charge < -0.3 is 9.47 Å². The number of para-hydroxylation sites is 1. The number of nitro groups is 1. The van der Waals surface area contributed by atoms with Gasteiger partial charge in [-0.15, -0.1) is 0 Å². The largest absolute Gasteiger partial charge is 0.461 e. The van der Waals surface area contributed by atoms with Crippen LogP contribution in [0.2, 0.25) is 0 Å². The van der Waals surface area contributed by atoms with E-state index in [9.17, 15) is 23.3 Å². The molecule has 10 nitrogen and oxygen atoms in total. The van der Waals surface area contributed by atoms with Crippen LogP contribution in [-0.4, -0.2) is 74.3 Å². The maximum absolute atomic E-state index is 13.4. The molecule has 2 atom stereocenters. The number of aliphatic imine (C=N–C) groups is 1. The van der Waals surface area contributed by atoms with Crippen LogP contribution in [0, 0.1) is 10.1 Å². The first-order valence-corrected chi connectivity index (χ1v) is 13.6. The van der Waals surface area contributed by atoms with Gasteiger partial charge in [0.1, 0.15) is 11.9 Å². The van der Waals surface area contributed by atoms with Crippen LogP contribution >= 0.6 is 0 Å². The first-order valence-electron chi connectivity index (χ1n) is 11.9. The molecule has 1 saturated heterocycles. The Kier molecular flexibility index (Phi) is 8.16. The van der Waals surface area contributed by atoms with Gasteiger partial charge in [0, 0.05) is 36.3 Å². The fraction of sp³-hybridized carbons (Fsp3) is 0.385. The van der Waals surface area contributed by atoms with Crippen molar-refractivity contribution in [2.45, 2.75) is 24.6 Å². The number of likely N-dealkylation sites (N-methyl/N-ethyl adjacent to an activating group) is 1. The highest BCUT2D eigenvalue weighted by Gasteiger charge is 2.48. The molecule has 2 aromatic rings. The van der Waals surface area contributed by atoms with E-state index in [0.717, 1.165) is 5.56 Å². The number of hydrogen-bond donors (Lipinski definition) is 0. The van der Waals surface area contributed by atoms with Crippen molar-refractivity contribution in [3.63, 3.8) is 0 Å². The molecule has 4 rings (SSSR count). The summed E-state index contributed by atoms with van der Waals surface area (Å²) in [6.07, 6.45) is 0. The zero-order valence-corrected chi connectivity index (χ0v) is 21.5. The van der Waals surface area contributed by atoms with Crippen LogP contribution in [0.25, 0.3) is 0 Å². The van der Waals surface area contributed by atoms with Crippen molar-refractivity contribution in [3.05, 3.63) is 87.1 Å². The van der Waals surface area contributed by atoms with E-state index in [4.69, 9.17) is 9.47 Å². The number of rotatable bonds is 8. The lowest BCUT2D eigenvalue weighted by atomic mass is 9.82. The smallest absolute Gasteiger partial charge is 0.336 e. The highest BCUT2D eigenvalue weighted by atomic mass is 32.2. The number of carbonyl (C=O) groups excluding carboxylic acids is 1. The van der Waals surface area contributed by atoms with E-state index in [1.54, 1.807) is 13.0 Å². The molecule has 0 saturated carbocycles. The lowest BCUT2D eigenvalue weighted by Crippen LogP contribution is -2.42. The van der Waals surface area contributed by atoms with E-state index < -0.39 is 31.9 Å². The van der Waals surface area contributed by atoms with Gasteiger partial charge in [-0.1, -0.05) is 48.5 Å². The van der Waals surface area contributed by atoms with Gasteiger partial charge in [-0.2, -0.15) is 0 Å². The van der Waals surface area contributed by atoms with Gasteiger partial charge in [0.15, 0.2) is 9.84 Å². The summed E-state index contributed by atoms with van der Waals surface area (Å²) in [5.74, 6) is -2.16. The SMILES string of the molecule is CC1=C(C(=O)OCCN(C)Cc2ccccc2)C(c2ccccc2[N+](=O)[O-])C2C(=N1)COCCS2(=O)=O. The van der Waals surface area contributed by atoms with E-state index in [0.29, 0.717) is 13.1 Å². The average Bonchev–Trinajstić information content (AvgIpc) is 3.01. The van der Waals surface area contributed by atoms with E-state index in [1.807, 2.05) is 42.3 Å². The average molecular weight is 528 g/mol. The van der Waals surface area contributed by atoms with Crippen LogP contribution in [0.5, 0.6) is 0 Å². The molecule has 2 aliphatic heterocycles. The van der Waals surface area contributed by atoms with E-state index in [1.165, 1.54) is 18.2 Å². The van der Waals surface area contributed by atoms with Gasteiger partial charge in [-0.3, -0.25) is 20.0 Å². The molecule has 196 valence electrons. The number of hydrogen-bond acceptors (Lipinski definition) is 9. The summed E-state index contributed by atoms with van der Waals surface area (Å²) in [4.78, 5) is 31.1. The number of ether oxygens (including phenoxy) is 2. The van der Waals surface area contributed by atoms with Crippen molar-refractivity contribution in [3.8, 4) is 0 Å². The number of esters is 1. The highest BCUT2D eigenvalue weighted by molar-refractivity contribution is 7.92. The van der Waals surface area contributed by atoms with Crippen molar-refractivity contribution < 1.29 is 27.6 Å². The number of benzene rings is 2. The highest BCUT2D eigenvalue weighted by Crippen LogP contribution is 2.43. The van der Waals surface area contributed by atoms with Crippen molar-refractivity contribution in [1.29, 1.82) is 0 Å². The molecule has 2 unspecified atom stereocenters. The first kappa shape index (κ1) is 26.6. The van der Waals surface area contributed by atoms with Gasteiger partial charge >= 0.3 is 5.97 Å². The van der Waals surface area contributed by atoms with E-state index in [2.05, 4.69) is 4.99 Å². The van der Waals surface area contributed by atoms with Crippen molar-refractivity contribution in [2.75, 3.05) is 39.2 Å². The Hall–Kier alpha value is -3.41. The first-order chi connectivity index (χ1) is 17.7. The third-order valence-electron chi connectivity index (χ3n) is 6.48. The maximum atomic E-state index is 13.4. The number of nitrogens with zero attached hydrogens (tertiary/aromatic N) is 3. The van der Waals surface area contributed by atoms with Gasteiger partial charge in [-0.05, 0) is 19.5 Å². The van der Waals surface area contributed by atoms with E-state index >= 15 is 0 Å². The molecular weight excluding hydrogens is 498 g/mol. The van der Waals surface area contributed by atoms with Crippen molar-refractivity contribution in [1.82, 2.24) is 4.90 Å². The number of carbonyl (C=O) groups is 1. The summed E-state index contributed by atoms with van der Waals surface area (Å²) in [7, 11) is -1.95. The summed E-state index contributed by atoms with van der Waals surface area (Å²) in [5.41, 5.74) is 1.48.